The fourth-order valence-corrected chi connectivity index (χ4v) is 1.94. The summed E-state index contributed by atoms with van der Waals surface area (Å²) in [7, 11) is 0. The van der Waals surface area contributed by atoms with Crippen LogP contribution in [0.15, 0.2) is 0 Å². The Hall–Kier alpha value is -2.12. The fraction of sp³-hybridized carbons (Fsp3) is 0.444. The van der Waals surface area contributed by atoms with Crippen molar-refractivity contribution in [1.82, 2.24) is 14.7 Å². The van der Waals surface area contributed by atoms with Crippen LogP contribution in [0.25, 0.3) is 0 Å². The Morgan fingerprint density at radius 2 is 2.06 bits per heavy atom. The maximum atomic E-state index is 12.7. The van der Waals surface area contributed by atoms with Crippen molar-refractivity contribution in [2.24, 2.45) is 11.5 Å². The standard InChI is InChI=1S/C9H12FN5O2/c10-3-5-7(8(11)16)6-4-14(9(12)17)1-2-15(6)13-5/h1-4H2,(H2,11,16)(H2,12,17). The minimum atomic E-state index is -0.866. The van der Waals surface area contributed by atoms with Crippen molar-refractivity contribution in [3.8, 4) is 0 Å². The monoisotopic (exact) mass is 241 g/mol. The van der Waals surface area contributed by atoms with E-state index in [0.29, 0.717) is 18.8 Å². The minimum Gasteiger partial charge on any atom is -0.365 e. The van der Waals surface area contributed by atoms with E-state index >= 15 is 0 Å². The number of amides is 3. The van der Waals surface area contributed by atoms with Gasteiger partial charge in [0, 0.05) is 6.54 Å². The van der Waals surface area contributed by atoms with Crippen molar-refractivity contribution in [2.45, 2.75) is 19.8 Å². The zero-order valence-corrected chi connectivity index (χ0v) is 9.02. The van der Waals surface area contributed by atoms with Gasteiger partial charge in [0.15, 0.2) is 0 Å². The van der Waals surface area contributed by atoms with Crippen LogP contribution >= 0.6 is 0 Å². The van der Waals surface area contributed by atoms with Crippen molar-refractivity contribution in [2.75, 3.05) is 6.54 Å². The average molecular weight is 241 g/mol. The SMILES string of the molecule is NC(=O)c1c(CF)nn2c1CN(C(N)=O)CC2. The topological polar surface area (TPSA) is 107 Å². The quantitative estimate of drug-likeness (QED) is 0.717. The molecule has 0 bridgehead atoms. The van der Waals surface area contributed by atoms with Gasteiger partial charge in [-0.15, -0.1) is 0 Å². The molecule has 0 saturated carbocycles. The first kappa shape index (κ1) is 11.4. The lowest BCUT2D eigenvalue weighted by Gasteiger charge is -2.26. The van der Waals surface area contributed by atoms with E-state index in [0.717, 1.165) is 0 Å². The third-order valence-corrected chi connectivity index (χ3v) is 2.74. The molecule has 1 aromatic rings. The zero-order chi connectivity index (χ0) is 12.6. The predicted octanol–water partition coefficient (Wildman–Crippen LogP) is -0.654. The van der Waals surface area contributed by atoms with Gasteiger partial charge in [0.2, 0.25) is 0 Å². The van der Waals surface area contributed by atoms with Crippen molar-refractivity contribution in [3.05, 3.63) is 17.0 Å². The first-order valence-corrected chi connectivity index (χ1v) is 5.03. The Kier molecular flexibility index (Phi) is 2.70. The van der Waals surface area contributed by atoms with Crippen LogP contribution in [0.4, 0.5) is 9.18 Å². The molecule has 4 N–H and O–H groups in total. The molecular formula is C9H12FN5O2. The Balaban J connectivity index is 2.44. The number of carbonyl (C=O) groups is 2. The number of nitrogens with two attached hydrogens (primary N) is 2. The molecule has 7 nitrogen and oxygen atoms in total. The number of hydrogen-bond acceptors (Lipinski definition) is 3. The van der Waals surface area contributed by atoms with Crippen LogP contribution in [0.2, 0.25) is 0 Å². The van der Waals surface area contributed by atoms with Crippen LogP contribution in [-0.4, -0.2) is 33.2 Å². The van der Waals surface area contributed by atoms with E-state index in [1.807, 2.05) is 0 Å². The number of fused-ring (bicyclic) bond motifs is 1. The molecule has 8 heteroatoms. The Bertz CT molecular complexity index is 484. The van der Waals surface area contributed by atoms with Crippen LogP contribution < -0.4 is 11.5 Å². The van der Waals surface area contributed by atoms with Gasteiger partial charge in [0.05, 0.1) is 24.3 Å². The molecule has 0 saturated heterocycles. The molecule has 0 fully saturated rings. The molecule has 17 heavy (non-hydrogen) atoms. The molecule has 1 aliphatic heterocycles. The van der Waals surface area contributed by atoms with Gasteiger partial charge in [-0.2, -0.15) is 5.10 Å². The van der Waals surface area contributed by atoms with Gasteiger partial charge in [-0.05, 0) is 0 Å². The van der Waals surface area contributed by atoms with Crippen LogP contribution in [-0.2, 0) is 19.8 Å². The van der Waals surface area contributed by atoms with Crippen molar-refractivity contribution >= 4 is 11.9 Å². The van der Waals surface area contributed by atoms with E-state index in [9.17, 15) is 14.0 Å². The Morgan fingerprint density at radius 3 is 2.59 bits per heavy atom. The van der Waals surface area contributed by atoms with Gasteiger partial charge in [0.25, 0.3) is 5.91 Å². The summed E-state index contributed by atoms with van der Waals surface area (Å²) in [6.07, 6.45) is 0. The summed E-state index contributed by atoms with van der Waals surface area (Å²) in [6, 6.07) is -0.588. The molecule has 0 aliphatic carbocycles. The maximum absolute atomic E-state index is 12.7. The first-order valence-electron chi connectivity index (χ1n) is 5.03. The second-order valence-electron chi connectivity index (χ2n) is 3.75. The van der Waals surface area contributed by atoms with Crippen molar-refractivity contribution in [1.29, 1.82) is 0 Å². The Morgan fingerprint density at radius 1 is 1.35 bits per heavy atom. The number of halogens is 1. The summed E-state index contributed by atoms with van der Waals surface area (Å²) in [5.74, 6) is -0.745. The second kappa shape index (κ2) is 4.04. The highest BCUT2D eigenvalue weighted by Crippen LogP contribution is 2.20. The number of urea groups is 1. The number of rotatable bonds is 2. The van der Waals surface area contributed by atoms with Gasteiger partial charge >= 0.3 is 6.03 Å². The van der Waals surface area contributed by atoms with Gasteiger partial charge in [-0.1, -0.05) is 0 Å². The van der Waals surface area contributed by atoms with Crippen LogP contribution in [0.3, 0.4) is 0 Å². The zero-order valence-electron chi connectivity index (χ0n) is 9.02. The maximum Gasteiger partial charge on any atom is 0.315 e. The first-order chi connectivity index (χ1) is 8.04. The molecule has 0 radical (unpaired) electrons. The molecule has 1 aromatic heterocycles. The van der Waals surface area contributed by atoms with E-state index in [2.05, 4.69) is 5.10 Å². The molecular weight excluding hydrogens is 229 g/mol. The van der Waals surface area contributed by atoms with Crippen molar-refractivity contribution in [3.63, 3.8) is 0 Å². The van der Waals surface area contributed by atoms with E-state index in [-0.39, 0.29) is 17.8 Å². The number of alkyl halides is 1. The normalized spacial score (nSPS) is 14.5. The average Bonchev–Trinajstić information content (AvgIpc) is 2.65. The molecule has 0 spiro atoms. The Labute approximate surface area is 96.2 Å². The highest BCUT2D eigenvalue weighted by Gasteiger charge is 2.27. The van der Waals surface area contributed by atoms with Crippen LogP contribution in [0.5, 0.6) is 0 Å². The number of nitrogens with zero attached hydrogens (tertiary/aromatic N) is 3. The summed E-state index contributed by atoms with van der Waals surface area (Å²) >= 11 is 0. The van der Waals surface area contributed by atoms with Gasteiger partial charge in [-0.25, -0.2) is 9.18 Å². The lowest BCUT2D eigenvalue weighted by atomic mass is 10.1. The summed E-state index contributed by atoms with van der Waals surface area (Å²) in [5.41, 5.74) is 10.9. The third-order valence-electron chi connectivity index (χ3n) is 2.74. The highest BCUT2D eigenvalue weighted by atomic mass is 19.1. The molecule has 0 atom stereocenters. The van der Waals surface area contributed by atoms with E-state index in [1.54, 1.807) is 0 Å². The number of aromatic nitrogens is 2. The van der Waals surface area contributed by atoms with Gasteiger partial charge in [0.1, 0.15) is 12.4 Å². The summed E-state index contributed by atoms with van der Waals surface area (Å²) in [4.78, 5) is 23.7. The number of carbonyl (C=O) groups excluding carboxylic acids is 2. The highest BCUT2D eigenvalue weighted by molar-refractivity contribution is 5.95. The third kappa shape index (κ3) is 1.81. The molecule has 2 heterocycles. The van der Waals surface area contributed by atoms with Gasteiger partial charge in [-0.3, -0.25) is 9.48 Å². The lowest BCUT2D eigenvalue weighted by molar-refractivity contribution is 0.0995. The molecule has 1 aliphatic rings. The summed E-state index contributed by atoms with van der Waals surface area (Å²) in [6.45, 7) is 0.0158. The molecule has 0 aromatic carbocycles. The smallest absolute Gasteiger partial charge is 0.315 e. The van der Waals surface area contributed by atoms with E-state index in [1.165, 1.54) is 9.58 Å². The molecule has 92 valence electrons. The van der Waals surface area contributed by atoms with E-state index < -0.39 is 18.6 Å². The van der Waals surface area contributed by atoms with Crippen LogP contribution in [0, 0.1) is 0 Å². The lowest BCUT2D eigenvalue weighted by Crippen LogP contribution is -2.42. The molecule has 3 amide bonds. The largest absolute Gasteiger partial charge is 0.365 e. The molecule has 0 unspecified atom stereocenters. The van der Waals surface area contributed by atoms with Gasteiger partial charge < -0.3 is 16.4 Å². The fourth-order valence-electron chi connectivity index (χ4n) is 1.94. The second-order valence-corrected chi connectivity index (χ2v) is 3.75. The number of hydrogen-bond donors (Lipinski definition) is 2. The number of primary amides is 2. The minimum absolute atomic E-state index is 0.0128. The van der Waals surface area contributed by atoms with Crippen LogP contribution in [0.1, 0.15) is 21.7 Å². The van der Waals surface area contributed by atoms with E-state index in [4.69, 9.17) is 11.5 Å². The van der Waals surface area contributed by atoms with Crippen molar-refractivity contribution < 1.29 is 14.0 Å². The summed E-state index contributed by atoms with van der Waals surface area (Å²) in [5, 5.41) is 3.95. The summed E-state index contributed by atoms with van der Waals surface area (Å²) < 4.78 is 14.2. The predicted molar refractivity (Wildman–Crippen MR) is 55.6 cm³/mol. The molecule has 2 rings (SSSR count).